The van der Waals surface area contributed by atoms with E-state index < -0.39 is 0 Å². The number of nitrogens with zero attached hydrogens (tertiary/aromatic N) is 4. The van der Waals surface area contributed by atoms with Gasteiger partial charge in [0, 0.05) is 44.4 Å². The van der Waals surface area contributed by atoms with Crippen molar-refractivity contribution < 1.29 is 4.79 Å². The normalized spacial score (nSPS) is 10.7. The van der Waals surface area contributed by atoms with Crippen LogP contribution in [0.2, 0.25) is 0 Å². The Morgan fingerprint density at radius 2 is 2.09 bits per heavy atom. The van der Waals surface area contributed by atoms with E-state index in [1.807, 2.05) is 34.4 Å². The second-order valence-corrected chi connectivity index (χ2v) is 5.27. The molecule has 23 heavy (non-hydrogen) atoms. The zero-order chi connectivity index (χ0) is 16.1. The molecule has 0 atom stereocenters. The SMILES string of the molecule is CCn1ccnc1C(=O)NCc1cccc(Cn2ccnc2)c1. The van der Waals surface area contributed by atoms with Crippen LogP contribution in [0.15, 0.2) is 55.4 Å². The van der Waals surface area contributed by atoms with Gasteiger partial charge in [-0.15, -0.1) is 0 Å². The second kappa shape index (κ2) is 6.91. The maximum absolute atomic E-state index is 12.2. The molecule has 0 radical (unpaired) electrons. The van der Waals surface area contributed by atoms with Crippen molar-refractivity contribution in [3.05, 3.63) is 72.3 Å². The number of nitrogens with one attached hydrogen (secondary N) is 1. The number of amides is 1. The van der Waals surface area contributed by atoms with Gasteiger partial charge in [-0.3, -0.25) is 4.79 Å². The predicted molar refractivity (Wildman–Crippen MR) is 86.8 cm³/mol. The van der Waals surface area contributed by atoms with Gasteiger partial charge in [0.05, 0.1) is 6.33 Å². The van der Waals surface area contributed by atoms with E-state index in [0.29, 0.717) is 12.4 Å². The summed E-state index contributed by atoms with van der Waals surface area (Å²) in [5.41, 5.74) is 2.23. The van der Waals surface area contributed by atoms with Crippen molar-refractivity contribution in [1.29, 1.82) is 0 Å². The summed E-state index contributed by atoms with van der Waals surface area (Å²) >= 11 is 0. The van der Waals surface area contributed by atoms with Gasteiger partial charge in [0.1, 0.15) is 0 Å². The van der Waals surface area contributed by atoms with Gasteiger partial charge in [-0.2, -0.15) is 0 Å². The monoisotopic (exact) mass is 309 g/mol. The van der Waals surface area contributed by atoms with Crippen LogP contribution in [0.1, 0.15) is 28.7 Å². The van der Waals surface area contributed by atoms with E-state index in [1.54, 1.807) is 24.9 Å². The molecule has 2 heterocycles. The zero-order valence-corrected chi connectivity index (χ0v) is 13.0. The molecule has 6 nitrogen and oxygen atoms in total. The molecule has 3 rings (SSSR count). The number of carbonyl (C=O) groups excluding carboxylic acids is 1. The van der Waals surface area contributed by atoms with Gasteiger partial charge in [-0.25, -0.2) is 9.97 Å². The lowest BCUT2D eigenvalue weighted by Gasteiger charge is -2.08. The molecule has 0 aliphatic rings. The van der Waals surface area contributed by atoms with Crippen LogP contribution in [0.3, 0.4) is 0 Å². The molecule has 3 aromatic rings. The topological polar surface area (TPSA) is 64.7 Å². The van der Waals surface area contributed by atoms with Crippen molar-refractivity contribution in [2.45, 2.75) is 26.6 Å². The Kier molecular flexibility index (Phi) is 4.52. The minimum atomic E-state index is -0.156. The molecule has 0 fully saturated rings. The first-order chi connectivity index (χ1) is 11.3. The van der Waals surface area contributed by atoms with Gasteiger partial charge in [-0.1, -0.05) is 24.3 Å². The summed E-state index contributed by atoms with van der Waals surface area (Å²) < 4.78 is 3.83. The number of imidazole rings is 2. The Balaban J connectivity index is 1.63. The van der Waals surface area contributed by atoms with Crippen molar-refractivity contribution in [2.75, 3.05) is 0 Å². The molecule has 0 aliphatic carbocycles. The average molecular weight is 309 g/mol. The number of hydrogen-bond acceptors (Lipinski definition) is 3. The van der Waals surface area contributed by atoms with Crippen LogP contribution >= 0.6 is 0 Å². The summed E-state index contributed by atoms with van der Waals surface area (Å²) in [6.45, 7) is 3.95. The highest BCUT2D eigenvalue weighted by molar-refractivity contribution is 5.90. The summed E-state index contributed by atoms with van der Waals surface area (Å²) in [6, 6.07) is 8.16. The molecular weight excluding hydrogens is 290 g/mol. The first-order valence-electron chi connectivity index (χ1n) is 7.59. The quantitative estimate of drug-likeness (QED) is 0.758. The van der Waals surface area contributed by atoms with E-state index in [4.69, 9.17) is 0 Å². The van der Waals surface area contributed by atoms with Crippen LogP contribution in [0.5, 0.6) is 0 Å². The first-order valence-corrected chi connectivity index (χ1v) is 7.59. The van der Waals surface area contributed by atoms with Crippen molar-refractivity contribution in [3.8, 4) is 0 Å². The molecule has 0 aliphatic heterocycles. The van der Waals surface area contributed by atoms with Crippen molar-refractivity contribution >= 4 is 5.91 Å². The third-order valence-corrected chi connectivity index (χ3v) is 3.63. The van der Waals surface area contributed by atoms with Crippen LogP contribution in [0, 0.1) is 0 Å². The average Bonchev–Trinajstić information content (AvgIpc) is 3.24. The lowest BCUT2D eigenvalue weighted by molar-refractivity contribution is 0.0936. The van der Waals surface area contributed by atoms with Gasteiger partial charge in [-0.05, 0) is 18.1 Å². The molecule has 118 valence electrons. The number of aryl methyl sites for hydroxylation is 1. The van der Waals surface area contributed by atoms with E-state index in [0.717, 1.165) is 18.7 Å². The molecule has 0 unspecified atom stereocenters. The zero-order valence-electron chi connectivity index (χ0n) is 13.0. The summed E-state index contributed by atoms with van der Waals surface area (Å²) in [5, 5.41) is 2.92. The molecule has 0 bridgehead atoms. The molecule has 2 aromatic heterocycles. The van der Waals surface area contributed by atoms with Gasteiger partial charge < -0.3 is 14.5 Å². The smallest absolute Gasteiger partial charge is 0.287 e. The first kappa shape index (κ1) is 15.0. The third kappa shape index (κ3) is 3.66. The highest BCUT2D eigenvalue weighted by Gasteiger charge is 2.11. The molecule has 0 spiro atoms. The Labute approximate surface area is 134 Å². The van der Waals surface area contributed by atoms with Gasteiger partial charge >= 0.3 is 0 Å². The van der Waals surface area contributed by atoms with Gasteiger partial charge in [0.2, 0.25) is 0 Å². The number of benzene rings is 1. The molecule has 6 heteroatoms. The van der Waals surface area contributed by atoms with E-state index in [-0.39, 0.29) is 5.91 Å². The fourth-order valence-electron chi connectivity index (χ4n) is 2.46. The third-order valence-electron chi connectivity index (χ3n) is 3.63. The summed E-state index contributed by atoms with van der Waals surface area (Å²) in [5.74, 6) is 0.291. The standard InChI is InChI=1S/C17H19N5O/c1-2-22-9-7-19-16(22)17(23)20-11-14-4-3-5-15(10-14)12-21-8-6-18-13-21/h3-10,13H,2,11-12H2,1H3,(H,20,23). The summed E-state index contributed by atoms with van der Waals surface area (Å²) in [4.78, 5) is 20.3. The Morgan fingerprint density at radius 1 is 1.22 bits per heavy atom. The van der Waals surface area contributed by atoms with E-state index in [1.165, 1.54) is 5.56 Å². The lowest BCUT2D eigenvalue weighted by atomic mass is 10.1. The fourth-order valence-corrected chi connectivity index (χ4v) is 2.46. The highest BCUT2D eigenvalue weighted by atomic mass is 16.2. The minimum absolute atomic E-state index is 0.156. The molecule has 0 saturated heterocycles. The lowest BCUT2D eigenvalue weighted by Crippen LogP contribution is -2.26. The van der Waals surface area contributed by atoms with Crippen LogP contribution in [-0.4, -0.2) is 25.0 Å². The Morgan fingerprint density at radius 3 is 2.87 bits per heavy atom. The van der Waals surface area contributed by atoms with Crippen LogP contribution in [-0.2, 0) is 19.6 Å². The van der Waals surface area contributed by atoms with Crippen LogP contribution in [0.25, 0.3) is 0 Å². The number of hydrogen-bond donors (Lipinski definition) is 1. The van der Waals surface area contributed by atoms with Crippen molar-refractivity contribution in [2.24, 2.45) is 0 Å². The molecule has 0 saturated carbocycles. The Bertz CT molecular complexity index is 776. The molecule has 1 amide bonds. The largest absolute Gasteiger partial charge is 0.345 e. The van der Waals surface area contributed by atoms with Crippen LogP contribution in [0.4, 0.5) is 0 Å². The maximum Gasteiger partial charge on any atom is 0.287 e. The summed E-state index contributed by atoms with van der Waals surface area (Å²) in [6.07, 6.45) is 8.93. The Hall–Kier alpha value is -2.89. The fraction of sp³-hybridized carbons (Fsp3) is 0.235. The highest BCUT2D eigenvalue weighted by Crippen LogP contribution is 2.08. The summed E-state index contributed by atoms with van der Waals surface area (Å²) in [7, 11) is 0. The van der Waals surface area contributed by atoms with Crippen molar-refractivity contribution in [1.82, 2.24) is 24.4 Å². The van der Waals surface area contributed by atoms with Crippen molar-refractivity contribution in [3.63, 3.8) is 0 Å². The minimum Gasteiger partial charge on any atom is -0.345 e. The number of aromatic nitrogens is 4. The second-order valence-electron chi connectivity index (χ2n) is 5.27. The van der Waals surface area contributed by atoms with E-state index in [9.17, 15) is 4.79 Å². The van der Waals surface area contributed by atoms with Crippen LogP contribution < -0.4 is 5.32 Å². The molecule has 1 aromatic carbocycles. The van der Waals surface area contributed by atoms with Gasteiger partial charge in [0.15, 0.2) is 5.82 Å². The van der Waals surface area contributed by atoms with E-state index in [2.05, 4.69) is 27.4 Å². The number of carbonyl (C=O) groups is 1. The molecule has 1 N–H and O–H groups in total. The van der Waals surface area contributed by atoms with Gasteiger partial charge in [0.25, 0.3) is 5.91 Å². The predicted octanol–water partition coefficient (Wildman–Crippen LogP) is 2.08. The molecular formula is C17H19N5O. The van der Waals surface area contributed by atoms with E-state index >= 15 is 0 Å². The maximum atomic E-state index is 12.2. The number of rotatable bonds is 6.